The molecule has 1 aliphatic carbocycles. The van der Waals surface area contributed by atoms with Gasteiger partial charge in [0.1, 0.15) is 11.5 Å². The highest BCUT2D eigenvalue weighted by Gasteiger charge is 2.24. The molecule has 0 aromatic carbocycles. The Balaban J connectivity index is 1.37. The lowest BCUT2D eigenvalue weighted by Gasteiger charge is -2.24. The van der Waals surface area contributed by atoms with Gasteiger partial charge < -0.3 is 9.88 Å². The summed E-state index contributed by atoms with van der Waals surface area (Å²) in [5, 5.41) is 8.40. The number of carbonyl (C=O) groups excluding carboxylic acids is 1. The monoisotopic (exact) mass is 366 g/mol. The minimum Gasteiger partial charge on any atom is -0.356 e. The zero-order valence-electron chi connectivity index (χ0n) is 15.8. The summed E-state index contributed by atoms with van der Waals surface area (Å²) in [6, 6.07) is 2.04. The molecule has 0 radical (unpaired) electrons. The molecule has 0 saturated heterocycles. The van der Waals surface area contributed by atoms with Crippen molar-refractivity contribution in [2.45, 2.75) is 52.1 Å². The van der Waals surface area contributed by atoms with Crippen LogP contribution in [0.25, 0.3) is 11.0 Å². The number of carbonyl (C=O) groups is 1. The molecule has 0 bridgehead atoms. The molecule has 0 atom stereocenters. The second-order valence-electron chi connectivity index (χ2n) is 7.23. The topological polar surface area (TPSA) is 77.6 Å². The molecule has 7 heteroatoms. The number of hydrogen-bond acceptors (Lipinski definition) is 4. The van der Waals surface area contributed by atoms with Crippen molar-refractivity contribution in [3.05, 3.63) is 42.2 Å². The Morgan fingerprint density at radius 3 is 2.96 bits per heavy atom. The normalized spacial score (nSPS) is 14.4. The number of nitrogens with one attached hydrogen (secondary N) is 1. The number of hydrogen-bond donors (Lipinski definition) is 1. The maximum absolute atomic E-state index is 11.9. The highest BCUT2D eigenvalue weighted by Crippen LogP contribution is 2.26. The fraction of sp³-hybridized carbons (Fsp3) is 0.500. The molecule has 4 rings (SSSR count). The minimum atomic E-state index is 0.218. The number of rotatable bonds is 8. The molecule has 142 valence electrons. The van der Waals surface area contributed by atoms with Gasteiger partial charge in [0.2, 0.25) is 5.91 Å². The third-order valence-electron chi connectivity index (χ3n) is 5.28. The maximum atomic E-state index is 11.9. The summed E-state index contributed by atoms with van der Waals surface area (Å²) in [6.45, 7) is 4.47. The first-order valence-electron chi connectivity index (χ1n) is 9.82. The number of nitrogens with zero attached hydrogens (tertiary/aromatic N) is 5. The Kier molecular flexibility index (Phi) is 5.18. The van der Waals surface area contributed by atoms with Crippen LogP contribution in [0.4, 0.5) is 0 Å². The molecule has 1 aliphatic rings. The third kappa shape index (κ3) is 4.02. The Bertz CT molecular complexity index is 924. The van der Waals surface area contributed by atoms with Crippen molar-refractivity contribution in [1.82, 2.24) is 29.6 Å². The van der Waals surface area contributed by atoms with Crippen molar-refractivity contribution >= 4 is 16.9 Å². The smallest absolute Gasteiger partial charge is 0.223 e. The second-order valence-corrected chi connectivity index (χ2v) is 7.23. The quantitative estimate of drug-likeness (QED) is 0.622. The van der Waals surface area contributed by atoms with E-state index in [1.165, 1.54) is 6.42 Å². The first-order valence-corrected chi connectivity index (χ1v) is 9.82. The summed E-state index contributed by atoms with van der Waals surface area (Å²) in [6.07, 6.45) is 12.7. The maximum Gasteiger partial charge on any atom is 0.223 e. The van der Waals surface area contributed by atoms with Crippen LogP contribution in [0.5, 0.6) is 0 Å². The molecular weight excluding hydrogens is 340 g/mol. The Labute approximate surface area is 158 Å². The predicted molar refractivity (Wildman–Crippen MR) is 103 cm³/mol. The number of fused-ring (bicyclic) bond motifs is 1. The van der Waals surface area contributed by atoms with Crippen LogP contribution in [0.2, 0.25) is 0 Å². The molecule has 0 spiro atoms. The van der Waals surface area contributed by atoms with Gasteiger partial charge in [-0.2, -0.15) is 5.10 Å². The van der Waals surface area contributed by atoms with Crippen molar-refractivity contribution in [1.29, 1.82) is 0 Å². The number of amides is 1. The first kappa shape index (κ1) is 17.7. The van der Waals surface area contributed by atoms with Crippen molar-refractivity contribution in [2.24, 2.45) is 5.92 Å². The highest BCUT2D eigenvalue weighted by molar-refractivity contribution is 5.79. The van der Waals surface area contributed by atoms with E-state index in [9.17, 15) is 4.79 Å². The fourth-order valence-electron chi connectivity index (χ4n) is 3.40. The van der Waals surface area contributed by atoms with Crippen LogP contribution < -0.4 is 5.32 Å². The lowest BCUT2D eigenvalue weighted by atomic mass is 9.85. The lowest BCUT2D eigenvalue weighted by molar-refractivity contribution is -0.127. The highest BCUT2D eigenvalue weighted by atomic mass is 16.1. The van der Waals surface area contributed by atoms with E-state index in [4.69, 9.17) is 4.98 Å². The van der Waals surface area contributed by atoms with E-state index >= 15 is 0 Å². The first-order chi connectivity index (χ1) is 13.2. The van der Waals surface area contributed by atoms with Crippen LogP contribution in [0.15, 0.2) is 30.9 Å². The van der Waals surface area contributed by atoms with Crippen molar-refractivity contribution in [2.75, 3.05) is 6.54 Å². The number of aromatic nitrogens is 5. The van der Waals surface area contributed by atoms with Gasteiger partial charge in [-0.3, -0.25) is 9.48 Å². The van der Waals surface area contributed by atoms with Gasteiger partial charge in [-0.1, -0.05) is 6.42 Å². The summed E-state index contributed by atoms with van der Waals surface area (Å²) in [5.74, 6) is 1.28. The van der Waals surface area contributed by atoms with Crippen LogP contribution in [-0.2, 0) is 24.3 Å². The van der Waals surface area contributed by atoms with Gasteiger partial charge >= 0.3 is 0 Å². The van der Waals surface area contributed by atoms with E-state index in [1.54, 1.807) is 0 Å². The second kappa shape index (κ2) is 7.90. The summed E-state index contributed by atoms with van der Waals surface area (Å²) < 4.78 is 4.06. The predicted octanol–water partition coefficient (Wildman–Crippen LogP) is 2.54. The summed E-state index contributed by atoms with van der Waals surface area (Å²) >= 11 is 0. The molecule has 0 unspecified atom stereocenters. The van der Waals surface area contributed by atoms with Crippen LogP contribution >= 0.6 is 0 Å². The SMILES string of the molecule is CCn1cc(Cc2ncc3ccn(CCCNC(=O)C4CCC4)c3n2)cn1. The standard InChI is InChI=1S/C20H26N6O/c1-2-26-14-15(12-23-26)11-18-22-13-17-7-10-25(19(17)24-18)9-4-8-21-20(27)16-5-3-6-16/h7,10,12-14,16H,2-6,8-9,11H2,1H3,(H,21,27). The van der Waals surface area contributed by atoms with Gasteiger partial charge in [-0.25, -0.2) is 9.97 Å². The molecule has 3 heterocycles. The summed E-state index contributed by atoms with van der Waals surface area (Å²) in [7, 11) is 0. The Hall–Kier alpha value is -2.70. The van der Waals surface area contributed by atoms with Gasteiger partial charge in [-0.05, 0) is 37.8 Å². The molecule has 1 fully saturated rings. The zero-order chi connectivity index (χ0) is 18.6. The molecular formula is C20H26N6O. The fourth-order valence-corrected chi connectivity index (χ4v) is 3.40. The molecule has 0 aliphatic heterocycles. The van der Waals surface area contributed by atoms with Gasteiger partial charge in [-0.15, -0.1) is 0 Å². The Morgan fingerprint density at radius 2 is 2.22 bits per heavy atom. The van der Waals surface area contributed by atoms with Gasteiger partial charge in [0.05, 0.1) is 6.20 Å². The largest absolute Gasteiger partial charge is 0.356 e. The van der Waals surface area contributed by atoms with Crippen LogP contribution in [-0.4, -0.2) is 36.8 Å². The molecule has 3 aromatic heterocycles. The molecule has 1 amide bonds. The van der Waals surface area contributed by atoms with Crippen LogP contribution in [0, 0.1) is 5.92 Å². The van der Waals surface area contributed by atoms with Crippen molar-refractivity contribution < 1.29 is 4.79 Å². The van der Waals surface area contributed by atoms with Crippen LogP contribution in [0.3, 0.4) is 0 Å². The zero-order valence-corrected chi connectivity index (χ0v) is 15.8. The average Bonchev–Trinajstić information content (AvgIpc) is 3.24. The van der Waals surface area contributed by atoms with Gasteiger partial charge in [0.25, 0.3) is 0 Å². The van der Waals surface area contributed by atoms with Gasteiger partial charge in [0.15, 0.2) is 0 Å². The third-order valence-corrected chi connectivity index (χ3v) is 5.28. The Morgan fingerprint density at radius 1 is 1.33 bits per heavy atom. The summed E-state index contributed by atoms with van der Waals surface area (Å²) in [5.41, 5.74) is 2.07. The van der Waals surface area contributed by atoms with Crippen molar-refractivity contribution in [3.8, 4) is 0 Å². The summed E-state index contributed by atoms with van der Waals surface area (Å²) in [4.78, 5) is 21.1. The molecule has 1 N–H and O–H groups in total. The minimum absolute atomic E-state index is 0.218. The van der Waals surface area contributed by atoms with E-state index in [0.717, 1.165) is 54.8 Å². The van der Waals surface area contributed by atoms with Crippen LogP contribution in [0.1, 0.15) is 44.0 Å². The molecule has 1 saturated carbocycles. The van der Waals surface area contributed by atoms with Crippen molar-refractivity contribution in [3.63, 3.8) is 0 Å². The van der Waals surface area contributed by atoms with E-state index in [1.807, 2.05) is 35.5 Å². The lowest BCUT2D eigenvalue weighted by Crippen LogP contribution is -2.35. The molecule has 27 heavy (non-hydrogen) atoms. The van der Waals surface area contributed by atoms with Gasteiger partial charge in [0, 0.05) is 55.9 Å². The molecule has 7 nitrogen and oxygen atoms in total. The van der Waals surface area contributed by atoms with E-state index in [0.29, 0.717) is 13.0 Å². The average molecular weight is 366 g/mol. The van der Waals surface area contributed by atoms with E-state index < -0.39 is 0 Å². The van der Waals surface area contributed by atoms with E-state index in [2.05, 4.69) is 26.9 Å². The number of aryl methyl sites for hydroxylation is 2. The van der Waals surface area contributed by atoms with E-state index in [-0.39, 0.29) is 11.8 Å². The molecule has 3 aromatic rings.